The number of nitrogens with zero attached hydrogens (tertiary/aromatic N) is 3. The highest BCUT2D eigenvalue weighted by Crippen LogP contribution is 2.22. The summed E-state index contributed by atoms with van der Waals surface area (Å²) in [6.07, 6.45) is 4.13. The van der Waals surface area contributed by atoms with Gasteiger partial charge in [0.05, 0.1) is 6.20 Å². The van der Waals surface area contributed by atoms with Crippen molar-refractivity contribution in [3.63, 3.8) is 0 Å². The van der Waals surface area contributed by atoms with Crippen molar-refractivity contribution in [1.29, 1.82) is 0 Å². The molecule has 2 rings (SSSR count). The Bertz CT molecular complexity index is 328. The van der Waals surface area contributed by atoms with Crippen LogP contribution in [0, 0.1) is 0 Å². The number of nitrogen functional groups attached to an aromatic ring is 1. The predicted octanol–water partition coefficient (Wildman–Crippen LogP) is 0.475. The second-order valence-electron chi connectivity index (χ2n) is 4.18. The SMILES string of the molecule is CN1CCC(Oc2nn(C)cc2N)CC1. The van der Waals surface area contributed by atoms with E-state index in [1.807, 2.05) is 7.05 Å². The van der Waals surface area contributed by atoms with Crippen LogP contribution in [0.2, 0.25) is 0 Å². The van der Waals surface area contributed by atoms with Gasteiger partial charge in [0.1, 0.15) is 11.8 Å². The average molecular weight is 210 g/mol. The largest absolute Gasteiger partial charge is 0.472 e. The Morgan fingerprint density at radius 3 is 2.60 bits per heavy atom. The highest BCUT2D eigenvalue weighted by Gasteiger charge is 2.19. The van der Waals surface area contributed by atoms with Crippen molar-refractivity contribution in [2.24, 2.45) is 7.05 Å². The fraction of sp³-hybridized carbons (Fsp3) is 0.700. The molecule has 0 aliphatic carbocycles. The van der Waals surface area contributed by atoms with Crippen LogP contribution in [0.4, 0.5) is 5.69 Å². The molecule has 84 valence electrons. The third-order valence-corrected chi connectivity index (χ3v) is 2.77. The van der Waals surface area contributed by atoms with Crippen LogP contribution in [-0.2, 0) is 7.05 Å². The predicted molar refractivity (Wildman–Crippen MR) is 58.8 cm³/mol. The lowest BCUT2D eigenvalue weighted by Gasteiger charge is -2.28. The molecule has 0 radical (unpaired) electrons. The molecule has 1 aliphatic rings. The summed E-state index contributed by atoms with van der Waals surface area (Å²) < 4.78 is 7.45. The zero-order valence-corrected chi connectivity index (χ0v) is 9.31. The van der Waals surface area contributed by atoms with Crippen molar-refractivity contribution < 1.29 is 4.74 Å². The molecule has 15 heavy (non-hydrogen) atoms. The third-order valence-electron chi connectivity index (χ3n) is 2.77. The van der Waals surface area contributed by atoms with Gasteiger partial charge in [-0.05, 0) is 19.9 Å². The maximum Gasteiger partial charge on any atom is 0.256 e. The maximum absolute atomic E-state index is 5.77. The normalized spacial score (nSPS) is 19.3. The van der Waals surface area contributed by atoms with Crippen LogP contribution in [0.3, 0.4) is 0 Å². The van der Waals surface area contributed by atoms with Crippen molar-refractivity contribution in [3.8, 4) is 5.88 Å². The van der Waals surface area contributed by atoms with Crippen molar-refractivity contribution in [2.75, 3.05) is 25.9 Å². The molecule has 1 aliphatic heterocycles. The topological polar surface area (TPSA) is 56.3 Å². The van der Waals surface area contributed by atoms with E-state index in [2.05, 4.69) is 17.0 Å². The smallest absolute Gasteiger partial charge is 0.256 e. The van der Waals surface area contributed by atoms with Crippen LogP contribution in [0.5, 0.6) is 5.88 Å². The molecule has 0 saturated carbocycles. The fourth-order valence-corrected chi connectivity index (χ4v) is 1.84. The second-order valence-corrected chi connectivity index (χ2v) is 4.18. The Morgan fingerprint density at radius 2 is 2.07 bits per heavy atom. The van der Waals surface area contributed by atoms with Gasteiger partial charge in [0.25, 0.3) is 5.88 Å². The van der Waals surface area contributed by atoms with Crippen LogP contribution in [-0.4, -0.2) is 40.9 Å². The number of likely N-dealkylation sites (tertiary alicyclic amines) is 1. The van der Waals surface area contributed by atoms with Gasteiger partial charge in [0.15, 0.2) is 0 Å². The summed E-state index contributed by atoms with van der Waals surface area (Å²) >= 11 is 0. The Kier molecular flexibility index (Phi) is 2.81. The van der Waals surface area contributed by atoms with E-state index in [-0.39, 0.29) is 6.10 Å². The number of aryl methyl sites for hydroxylation is 1. The van der Waals surface area contributed by atoms with Crippen LogP contribution in [0.1, 0.15) is 12.8 Å². The monoisotopic (exact) mass is 210 g/mol. The maximum atomic E-state index is 5.77. The van der Waals surface area contributed by atoms with E-state index in [0.717, 1.165) is 25.9 Å². The third kappa shape index (κ3) is 2.41. The Balaban J connectivity index is 1.94. The Hall–Kier alpha value is -1.23. The van der Waals surface area contributed by atoms with Gasteiger partial charge in [-0.25, -0.2) is 0 Å². The van der Waals surface area contributed by atoms with Crippen molar-refractivity contribution in [2.45, 2.75) is 18.9 Å². The number of ether oxygens (including phenoxy) is 1. The summed E-state index contributed by atoms with van der Waals surface area (Å²) in [6.45, 7) is 2.16. The molecule has 0 amide bonds. The van der Waals surface area contributed by atoms with E-state index >= 15 is 0 Å². The summed E-state index contributed by atoms with van der Waals surface area (Å²) in [5.74, 6) is 0.576. The zero-order valence-electron chi connectivity index (χ0n) is 9.31. The standard InChI is InChI=1S/C10H18N4O/c1-13-5-3-8(4-6-13)15-10-9(11)7-14(2)12-10/h7-8H,3-6,11H2,1-2H3. The minimum atomic E-state index is 0.262. The van der Waals surface area contributed by atoms with Crippen LogP contribution >= 0.6 is 0 Å². The van der Waals surface area contributed by atoms with Crippen LogP contribution in [0.25, 0.3) is 0 Å². The van der Waals surface area contributed by atoms with Gasteiger partial charge in [-0.3, -0.25) is 4.68 Å². The molecule has 0 unspecified atom stereocenters. The number of hydrogen-bond acceptors (Lipinski definition) is 4. The minimum Gasteiger partial charge on any atom is -0.472 e. The summed E-state index contributed by atoms with van der Waals surface area (Å²) in [5, 5.41) is 4.18. The van der Waals surface area contributed by atoms with Gasteiger partial charge in [-0.1, -0.05) is 0 Å². The molecule has 0 atom stereocenters. The molecule has 1 fully saturated rings. The average Bonchev–Trinajstić information content (AvgIpc) is 2.49. The number of nitrogens with two attached hydrogens (primary N) is 1. The molecule has 2 heterocycles. The number of piperidine rings is 1. The molecule has 5 nitrogen and oxygen atoms in total. The first-order chi connectivity index (χ1) is 7.15. The molecule has 1 saturated heterocycles. The first-order valence-corrected chi connectivity index (χ1v) is 5.29. The van der Waals surface area contributed by atoms with E-state index in [4.69, 9.17) is 10.5 Å². The van der Waals surface area contributed by atoms with Gasteiger partial charge in [0, 0.05) is 20.1 Å². The van der Waals surface area contributed by atoms with Gasteiger partial charge in [-0.2, -0.15) is 0 Å². The number of rotatable bonds is 2. The van der Waals surface area contributed by atoms with Crippen LogP contribution in [0.15, 0.2) is 6.20 Å². The minimum absolute atomic E-state index is 0.262. The van der Waals surface area contributed by atoms with Crippen molar-refractivity contribution in [1.82, 2.24) is 14.7 Å². The van der Waals surface area contributed by atoms with Crippen LogP contribution < -0.4 is 10.5 Å². The van der Waals surface area contributed by atoms with Gasteiger partial charge >= 0.3 is 0 Å². The van der Waals surface area contributed by atoms with Crippen molar-refractivity contribution >= 4 is 5.69 Å². The molecule has 0 spiro atoms. The van der Waals surface area contributed by atoms with E-state index in [9.17, 15) is 0 Å². The van der Waals surface area contributed by atoms with Gasteiger partial charge in [-0.15, -0.1) is 5.10 Å². The fourth-order valence-electron chi connectivity index (χ4n) is 1.84. The van der Waals surface area contributed by atoms with Crippen molar-refractivity contribution in [3.05, 3.63) is 6.20 Å². The van der Waals surface area contributed by atoms with E-state index < -0.39 is 0 Å². The summed E-state index contributed by atoms with van der Waals surface area (Å²) in [5.41, 5.74) is 6.39. The highest BCUT2D eigenvalue weighted by molar-refractivity contribution is 5.45. The Morgan fingerprint density at radius 1 is 1.40 bits per heavy atom. The van der Waals surface area contributed by atoms with E-state index in [0.29, 0.717) is 11.6 Å². The lowest BCUT2D eigenvalue weighted by molar-refractivity contribution is 0.110. The summed E-state index contributed by atoms with van der Waals surface area (Å²) in [6, 6.07) is 0. The summed E-state index contributed by atoms with van der Waals surface area (Å²) in [4.78, 5) is 2.31. The molecule has 1 aromatic rings. The number of aromatic nitrogens is 2. The second kappa shape index (κ2) is 4.10. The molecule has 2 N–H and O–H groups in total. The number of anilines is 1. The molecular formula is C10H18N4O. The number of hydrogen-bond donors (Lipinski definition) is 1. The van der Waals surface area contributed by atoms with Gasteiger partial charge < -0.3 is 15.4 Å². The first-order valence-electron chi connectivity index (χ1n) is 5.29. The highest BCUT2D eigenvalue weighted by atomic mass is 16.5. The molecule has 0 aromatic carbocycles. The quantitative estimate of drug-likeness (QED) is 0.771. The molecular weight excluding hydrogens is 192 g/mol. The molecule has 0 bridgehead atoms. The van der Waals surface area contributed by atoms with Gasteiger partial charge in [0.2, 0.25) is 0 Å². The summed E-state index contributed by atoms with van der Waals surface area (Å²) in [7, 11) is 3.98. The van der Waals surface area contributed by atoms with E-state index in [1.165, 1.54) is 0 Å². The Labute approximate surface area is 89.8 Å². The lowest BCUT2D eigenvalue weighted by atomic mass is 10.1. The first kappa shape index (κ1) is 10.3. The molecule has 5 heteroatoms. The van der Waals surface area contributed by atoms with E-state index in [1.54, 1.807) is 10.9 Å². The lowest BCUT2D eigenvalue weighted by Crippen LogP contribution is -2.35. The zero-order chi connectivity index (χ0) is 10.8. The molecule has 1 aromatic heterocycles.